The second-order valence-corrected chi connectivity index (χ2v) is 3.32. The molecular formula is C8H18ClNO. The zero-order valence-electron chi connectivity index (χ0n) is 6.83. The van der Waals surface area contributed by atoms with Crippen molar-refractivity contribution in [2.75, 3.05) is 13.2 Å². The molecule has 0 aromatic carbocycles. The maximum atomic E-state index is 8.81. The minimum atomic E-state index is 0. The van der Waals surface area contributed by atoms with E-state index in [2.05, 4.69) is 0 Å². The van der Waals surface area contributed by atoms with Crippen LogP contribution in [0.3, 0.4) is 0 Å². The van der Waals surface area contributed by atoms with Crippen LogP contribution in [0.15, 0.2) is 0 Å². The minimum absolute atomic E-state index is 0. The predicted octanol–water partition coefficient (Wildman–Crippen LogP) is 1.17. The lowest BCUT2D eigenvalue weighted by Gasteiger charge is -2.28. The van der Waals surface area contributed by atoms with Crippen molar-refractivity contribution in [3.05, 3.63) is 0 Å². The molecule has 11 heavy (non-hydrogen) atoms. The van der Waals surface area contributed by atoms with Crippen molar-refractivity contribution < 1.29 is 5.11 Å². The number of aliphatic hydroxyl groups excluding tert-OH is 1. The monoisotopic (exact) mass is 179 g/mol. The van der Waals surface area contributed by atoms with E-state index in [1.807, 2.05) is 0 Å². The van der Waals surface area contributed by atoms with Crippen molar-refractivity contribution in [1.82, 2.24) is 0 Å². The molecule has 3 N–H and O–H groups in total. The molecule has 3 heteroatoms. The first-order chi connectivity index (χ1) is 4.86. The molecule has 0 amide bonds. The molecule has 1 rings (SSSR count). The predicted molar refractivity (Wildman–Crippen MR) is 48.8 cm³/mol. The fourth-order valence-electron chi connectivity index (χ4n) is 1.45. The molecule has 0 radical (unpaired) electrons. The number of halogens is 1. The minimum Gasteiger partial charge on any atom is -0.396 e. The second-order valence-electron chi connectivity index (χ2n) is 3.32. The summed E-state index contributed by atoms with van der Waals surface area (Å²) in [6.07, 6.45) is 5.24. The molecular weight excluding hydrogens is 162 g/mol. The standard InChI is InChI=1S/C8H17NO.ClH/c9-5-8(6-10)4-7-2-1-3-7;/h7-8,10H,1-6,9H2;1H. The number of hydrogen-bond donors (Lipinski definition) is 2. The number of hydrogen-bond acceptors (Lipinski definition) is 2. The number of nitrogens with two attached hydrogens (primary N) is 1. The third kappa shape index (κ3) is 3.41. The van der Waals surface area contributed by atoms with Gasteiger partial charge in [-0.15, -0.1) is 12.4 Å². The van der Waals surface area contributed by atoms with Crippen LogP contribution < -0.4 is 5.73 Å². The highest BCUT2D eigenvalue weighted by molar-refractivity contribution is 5.85. The Balaban J connectivity index is 0.000001000. The quantitative estimate of drug-likeness (QED) is 0.681. The van der Waals surface area contributed by atoms with Crippen LogP contribution in [-0.2, 0) is 0 Å². The van der Waals surface area contributed by atoms with Gasteiger partial charge >= 0.3 is 0 Å². The van der Waals surface area contributed by atoms with E-state index in [4.69, 9.17) is 10.8 Å². The van der Waals surface area contributed by atoms with Gasteiger partial charge in [0.2, 0.25) is 0 Å². The molecule has 1 saturated carbocycles. The first-order valence-electron chi connectivity index (χ1n) is 4.17. The largest absolute Gasteiger partial charge is 0.396 e. The number of rotatable bonds is 4. The van der Waals surface area contributed by atoms with E-state index in [9.17, 15) is 0 Å². The van der Waals surface area contributed by atoms with Crippen LogP contribution in [0.1, 0.15) is 25.7 Å². The van der Waals surface area contributed by atoms with Crippen LogP contribution in [0.4, 0.5) is 0 Å². The van der Waals surface area contributed by atoms with E-state index in [0.29, 0.717) is 12.5 Å². The van der Waals surface area contributed by atoms with E-state index in [1.165, 1.54) is 19.3 Å². The zero-order valence-corrected chi connectivity index (χ0v) is 7.65. The summed E-state index contributed by atoms with van der Waals surface area (Å²) < 4.78 is 0. The molecule has 1 aliphatic rings. The molecule has 0 bridgehead atoms. The van der Waals surface area contributed by atoms with Crippen molar-refractivity contribution in [2.24, 2.45) is 17.6 Å². The first-order valence-corrected chi connectivity index (χ1v) is 4.17. The molecule has 1 aliphatic carbocycles. The fourth-order valence-corrected chi connectivity index (χ4v) is 1.45. The Kier molecular flexibility index (Phi) is 5.92. The molecule has 1 atom stereocenters. The topological polar surface area (TPSA) is 46.2 Å². The van der Waals surface area contributed by atoms with Crippen molar-refractivity contribution in [1.29, 1.82) is 0 Å². The summed E-state index contributed by atoms with van der Waals surface area (Å²) >= 11 is 0. The lowest BCUT2D eigenvalue weighted by atomic mass is 9.79. The summed E-state index contributed by atoms with van der Waals surface area (Å²) in [6, 6.07) is 0. The SMILES string of the molecule is Cl.NCC(CO)CC1CCC1. The summed E-state index contributed by atoms with van der Waals surface area (Å²) in [5, 5.41) is 8.81. The van der Waals surface area contributed by atoms with E-state index in [1.54, 1.807) is 0 Å². The third-order valence-electron chi connectivity index (χ3n) is 2.48. The van der Waals surface area contributed by atoms with E-state index in [-0.39, 0.29) is 19.0 Å². The summed E-state index contributed by atoms with van der Waals surface area (Å²) in [7, 11) is 0. The van der Waals surface area contributed by atoms with Gasteiger partial charge in [0.25, 0.3) is 0 Å². The normalized spacial score (nSPS) is 20.2. The molecule has 1 fully saturated rings. The highest BCUT2D eigenvalue weighted by Gasteiger charge is 2.20. The van der Waals surface area contributed by atoms with Gasteiger partial charge in [-0.05, 0) is 24.8 Å². The molecule has 1 unspecified atom stereocenters. The average Bonchev–Trinajstić information content (AvgIpc) is 1.87. The lowest BCUT2D eigenvalue weighted by Crippen LogP contribution is -2.24. The summed E-state index contributed by atoms with van der Waals surface area (Å²) in [5.41, 5.74) is 5.45. The Bertz CT molecular complexity index is 92.1. The zero-order chi connectivity index (χ0) is 7.40. The van der Waals surface area contributed by atoms with Gasteiger partial charge in [-0.25, -0.2) is 0 Å². The molecule has 0 aromatic rings. The summed E-state index contributed by atoms with van der Waals surface area (Å²) in [6.45, 7) is 0.917. The highest BCUT2D eigenvalue weighted by atomic mass is 35.5. The Morgan fingerprint density at radius 2 is 2.09 bits per heavy atom. The van der Waals surface area contributed by atoms with Gasteiger partial charge in [0.15, 0.2) is 0 Å². The number of aliphatic hydroxyl groups is 1. The molecule has 0 spiro atoms. The molecule has 0 aliphatic heterocycles. The Morgan fingerprint density at radius 3 is 2.36 bits per heavy atom. The molecule has 2 nitrogen and oxygen atoms in total. The van der Waals surface area contributed by atoms with Crippen LogP contribution in [0, 0.1) is 11.8 Å². The van der Waals surface area contributed by atoms with Crippen LogP contribution in [0.5, 0.6) is 0 Å². The second kappa shape index (κ2) is 5.81. The van der Waals surface area contributed by atoms with E-state index >= 15 is 0 Å². The van der Waals surface area contributed by atoms with Gasteiger partial charge in [0.05, 0.1) is 0 Å². The van der Waals surface area contributed by atoms with Gasteiger partial charge in [0, 0.05) is 6.61 Å². The molecule has 0 heterocycles. The highest BCUT2D eigenvalue weighted by Crippen LogP contribution is 2.31. The van der Waals surface area contributed by atoms with Crippen molar-refractivity contribution in [2.45, 2.75) is 25.7 Å². The van der Waals surface area contributed by atoms with Gasteiger partial charge in [0.1, 0.15) is 0 Å². The van der Waals surface area contributed by atoms with Crippen molar-refractivity contribution in [3.63, 3.8) is 0 Å². The fraction of sp³-hybridized carbons (Fsp3) is 1.00. The average molecular weight is 180 g/mol. The van der Waals surface area contributed by atoms with Gasteiger partial charge in [-0.2, -0.15) is 0 Å². The van der Waals surface area contributed by atoms with Crippen molar-refractivity contribution >= 4 is 12.4 Å². The van der Waals surface area contributed by atoms with Crippen molar-refractivity contribution in [3.8, 4) is 0 Å². The summed E-state index contributed by atoms with van der Waals surface area (Å²) in [5.74, 6) is 1.24. The van der Waals surface area contributed by atoms with Gasteiger partial charge in [-0.3, -0.25) is 0 Å². The van der Waals surface area contributed by atoms with Crippen LogP contribution in [-0.4, -0.2) is 18.3 Å². The van der Waals surface area contributed by atoms with E-state index in [0.717, 1.165) is 12.3 Å². The third-order valence-corrected chi connectivity index (χ3v) is 2.48. The van der Waals surface area contributed by atoms with Crippen LogP contribution in [0.2, 0.25) is 0 Å². The smallest absolute Gasteiger partial charge is 0.0471 e. The maximum absolute atomic E-state index is 8.81. The summed E-state index contributed by atoms with van der Waals surface area (Å²) in [4.78, 5) is 0. The molecule has 0 aromatic heterocycles. The Morgan fingerprint density at radius 1 is 1.45 bits per heavy atom. The van der Waals surface area contributed by atoms with Crippen LogP contribution in [0.25, 0.3) is 0 Å². The lowest BCUT2D eigenvalue weighted by molar-refractivity contribution is 0.175. The van der Waals surface area contributed by atoms with Gasteiger partial charge in [-0.1, -0.05) is 19.3 Å². The Hall–Kier alpha value is 0.210. The van der Waals surface area contributed by atoms with Gasteiger partial charge < -0.3 is 10.8 Å². The maximum Gasteiger partial charge on any atom is 0.0471 e. The van der Waals surface area contributed by atoms with E-state index < -0.39 is 0 Å². The Labute approximate surface area is 74.6 Å². The van der Waals surface area contributed by atoms with Crippen LogP contribution >= 0.6 is 12.4 Å². The molecule has 0 saturated heterocycles. The first kappa shape index (κ1) is 11.2. The molecule has 68 valence electrons.